The predicted molar refractivity (Wildman–Crippen MR) is 147 cm³/mol. The molecule has 0 aliphatic carbocycles. The normalized spacial score (nSPS) is 14.6. The second-order valence-electron chi connectivity index (χ2n) is 10.2. The van der Waals surface area contributed by atoms with Gasteiger partial charge in [0.25, 0.3) is 5.91 Å². The average molecular weight is 519 g/mol. The highest BCUT2D eigenvalue weighted by atomic mass is 16.5. The van der Waals surface area contributed by atoms with Crippen molar-refractivity contribution in [2.45, 2.75) is 46.5 Å². The molecule has 2 aromatic heterocycles. The van der Waals surface area contributed by atoms with Crippen LogP contribution in [0, 0.1) is 10.8 Å². The lowest BCUT2D eigenvalue weighted by atomic mass is 9.93. The molecule has 38 heavy (non-hydrogen) atoms. The molecule has 4 N–H and O–H groups in total. The summed E-state index contributed by atoms with van der Waals surface area (Å²) < 4.78 is 5.50. The van der Waals surface area contributed by atoms with Gasteiger partial charge >= 0.3 is 0 Å². The van der Waals surface area contributed by atoms with E-state index in [0.717, 1.165) is 25.9 Å². The number of nitrogens with zero attached hydrogens (tertiary/aromatic N) is 5. The molecule has 0 unspecified atom stereocenters. The number of fused-ring (bicyclic) bond motifs is 1. The molecular formula is C27H34N8O3. The lowest BCUT2D eigenvalue weighted by Gasteiger charge is -2.20. The van der Waals surface area contributed by atoms with Crippen LogP contribution in [0.3, 0.4) is 0 Å². The lowest BCUT2D eigenvalue weighted by Crippen LogP contribution is -2.29. The summed E-state index contributed by atoms with van der Waals surface area (Å²) in [5.41, 5.74) is 1.40. The van der Waals surface area contributed by atoms with Crippen molar-refractivity contribution in [2.24, 2.45) is 5.41 Å². The fraction of sp³-hybridized carbons (Fsp3) is 0.407. The zero-order valence-electron chi connectivity index (χ0n) is 22.2. The highest BCUT2D eigenvalue weighted by Gasteiger charge is 2.19. The zero-order chi connectivity index (χ0) is 27.3. The first-order valence-corrected chi connectivity index (χ1v) is 12.6. The largest absolute Gasteiger partial charge is 0.512 e. The number of hydrogen-bond acceptors (Lipinski definition) is 10. The number of allylic oxidation sites excluding steroid dienone is 1. The summed E-state index contributed by atoms with van der Waals surface area (Å²) in [7, 11) is 1.54. The molecular weight excluding hydrogens is 484 g/mol. The van der Waals surface area contributed by atoms with E-state index in [1.165, 1.54) is 32.4 Å². The van der Waals surface area contributed by atoms with Crippen LogP contribution in [-0.2, 0) is 0 Å². The molecule has 1 amide bonds. The fourth-order valence-electron chi connectivity index (χ4n) is 4.02. The first kappa shape index (κ1) is 26.8. The van der Waals surface area contributed by atoms with Gasteiger partial charge in [-0.2, -0.15) is 0 Å². The van der Waals surface area contributed by atoms with Crippen LogP contribution in [0.4, 0.5) is 17.5 Å². The maximum Gasteiger partial charge on any atom is 0.256 e. The summed E-state index contributed by atoms with van der Waals surface area (Å²) in [4.78, 5) is 33.1. The number of carbonyl (C=O) groups is 1. The molecule has 0 radical (unpaired) electrons. The van der Waals surface area contributed by atoms with Crippen molar-refractivity contribution in [1.82, 2.24) is 25.3 Å². The van der Waals surface area contributed by atoms with E-state index in [4.69, 9.17) is 15.1 Å². The Morgan fingerprint density at radius 3 is 2.55 bits per heavy atom. The van der Waals surface area contributed by atoms with Crippen LogP contribution in [0.15, 0.2) is 42.6 Å². The van der Waals surface area contributed by atoms with Crippen molar-refractivity contribution >= 4 is 40.2 Å². The molecule has 0 atom stereocenters. The number of aliphatic hydroxyl groups is 1. The topological polar surface area (TPSA) is 149 Å². The van der Waals surface area contributed by atoms with Crippen molar-refractivity contribution in [2.75, 3.05) is 30.4 Å². The minimum Gasteiger partial charge on any atom is -0.512 e. The smallest absolute Gasteiger partial charge is 0.256 e. The number of methoxy groups -OCH3 is 1. The van der Waals surface area contributed by atoms with Crippen molar-refractivity contribution in [3.63, 3.8) is 0 Å². The number of amides is 1. The van der Waals surface area contributed by atoms with E-state index in [9.17, 15) is 9.90 Å². The third-order valence-electron chi connectivity index (χ3n) is 6.27. The van der Waals surface area contributed by atoms with Gasteiger partial charge in [-0.1, -0.05) is 33.6 Å². The second kappa shape index (κ2) is 11.4. The number of nitrogens with one attached hydrogen (secondary N) is 3. The molecule has 1 aromatic carbocycles. The third-order valence-corrected chi connectivity index (χ3v) is 6.27. The van der Waals surface area contributed by atoms with E-state index in [0.29, 0.717) is 39.8 Å². The number of benzene rings is 1. The molecule has 1 aliphatic rings. The van der Waals surface area contributed by atoms with Crippen molar-refractivity contribution in [1.29, 1.82) is 5.41 Å². The second-order valence-corrected chi connectivity index (χ2v) is 10.2. The standard InChI is InChI=1S/C27H34N8O3/c1-27(2,3)21(36)14-22(28)33-25(37)17-9-10-20(38-4)18(13-17)32-24-23-19(30-16-31-24)15-29-26(34-23)35-11-7-5-6-8-12-35/h9-10,13-16,36H,5-8,11-12H2,1-4H3,(H2,28,33,37)(H,30,31,32)/b21-14-. The third kappa shape index (κ3) is 6.34. The quantitative estimate of drug-likeness (QED) is 0.206. The minimum atomic E-state index is -0.537. The molecule has 11 nitrogen and oxygen atoms in total. The zero-order valence-corrected chi connectivity index (χ0v) is 22.2. The Bertz CT molecular complexity index is 1360. The van der Waals surface area contributed by atoms with Gasteiger partial charge in [-0.25, -0.2) is 19.9 Å². The Balaban J connectivity index is 1.61. The monoisotopic (exact) mass is 518 g/mol. The summed E-state index contributed by atoms with van der Waals surface area (Å²) in [6, 6.07) is 4.86. The van der Waals surface area contributed by atoms with Crippen molar-refractivity contribution in [3.05, 3.63) is 48.1 Å². The Labute approximate surface area is 221 Å². The molecule has 11 heteroatoms. The van der Waals surface area contributed by atoms with Crippen LogP contribution in [0.5, 0.6) is 5.75 Å². The maximum absolute atomic E-state index is 12.9. The van der Waals surface area contributed by atoms with Crippen LogP contribution in [-0.4, -0.2) is 57.0 Å². The van der Waals surface area contributed by atoms with Gasteiger partial charge in [0.1, 0.15) is 34.7 Å². The number of aliphatic hydroxyl groups excluding tert-OH is 1. The van der Waals surface area contributed by atoms with E-state index in [1.54, 1.807) is 24.4 Å². The Hall–Kier alpha value is -4.28. The summed E-state index contributed by atoms with van der Waals surface area (Å²) in [5.74, 6) is 0.870. The number of amidine groups is 1. The molecule has 1 aliphatic heterocycles. The van der Waals surface area contributed by atoms with E-state index < -0.39 is 11.3 Å². The van der Waals surface area contributed by atoms with Crippen LogP contribution >= 0.6 is 0 Å². The SMILES string of the molecule is COc1ccc(C(=O)NC(=N)/C=C(\O)C(C)(C)C)cc1Nc1ncnc2cnc(N3CCCCCC3)nc12. The van der Waals surface area contributed by atoms with Crippen molar-refractivity contribution < 1.29 is 14.6 Å². The van der Waals surface area contributed by atoms with E-state index in [-0.39, 0.29) is 11.6 Å². The summed E-state index contributed by atoms with van der Waals surface area (Å²) in [6.45, 7) is 7.26. The number of rotatable bonds is 6. The fourth-order valence-corrected chi connectivity index (χ4v) is 4.02. The molecule has 3 heterocycles. The average Bonchev–Trinajstić information content (AvgIpc) is 3.17. The van der Waals surface area contributed by atoms with E-state index in [1.807, 2.05) is 20.8 Å². The van der Waals surface area contributed by atoms with Gasteiger partial charge in [-0.15, -0.1) is 0 Å². The summed E-state index contributed by atoms with van der Waals surface area (Å²) in [5, 5.41) is 23.9. The minimum absolute atomic E-state index is 0.00272. The van der Waals surface area contributed by atoms with Gasteiger partial charge in [0.15, 0.2) is 5.82 Å². The summed E-state index contributed by atoms with van der Waals surface area (Å²) in [6.07, 6.45) is 8.98. The first-order valence-electron chi connectivity index (χ1n) is 12.6. The molecule has 3 aromatic rings. The van der Waals surface area contributed by atoms with Gasteiger partial charge in [0.2, 0.25) is 5.95 Å². The van der Waals surface area contributed by atoms with Gasteiger partial charge in [0.05, 0.1) is 19.0 Å². The van der Waals surface area contributed by atoms with E-state index >= 15 is 0 Å². The van der Waals surface area contributed by atoms with Gasteiger partial charge in [-0.05, 0) is 31.0 Å². The van der Waals surface area contributed by atoms with Gasteiger partial charge < -0.3 is 25.4 Å². The number of aromatic nitrogens is 4. The first-order chi connectivity index (χ1) is 18.2. The Kier molecular flexibility index (Phi) is 8.04. The number of ether oxygens (including phenoxy) is 1. The molecule has 1 saturated heterocycles. The number of anilines is 3. The van der Waals surface area contributed by atoms with Crippen LogP contribution in [0.25, 0.3) is 11.0 Å². The molecule has 200 valence electrons. The van der Waals surface area contributed by atoms with Crippen LogP contribution < -0.4 is 20.3 Å². The number of hydrogen-bond donors (Lipinski definition) is 4. The Morgan fingerprint density at radius 2 is 1.87 bits per heavy atom. The number of carbonyl (C=O) groups excluding carboxylic acids is 1. The predicted octanol–water partition coefficient (Wildman–Crippen LogP) is 4.75. The van der Waals surface area contributed by atoms with E-state index in [2.05, 4.69) is 30.5 Å². The Morgan fingerprint density at radius 1 is 1.13 bits per heavy atom. The lowest BCUT2D eigenvalue weighted by molar-refractivity contribution is 0.0977. The van der Waals surface area contributed by atoms with Gasteiger partial charge in [0, 0.05) is 30.1 Å². The highest BCUT2D eigenvalue weighted by Crippen LogP contribution is 2.31. The molecule has 0 spiro atoms. The summed E-state index contributed by atoms with van der Waals surface area (Å²) >= 11 is 0. The van der Waals surface area contributed by atoms with Gasteiger partial charge in [-0.3, -0.25) is 10.2 Å². The molecule has 1 fully saturated rings. The maximum atomic E-state index is 12.9. The molecule has 0 bridgehead atoms. The van der Waals surface area contributed by atoms with Crippen LogP contribution in [0.2, 0.25) is 0 Å². The molecule has 4 rings (SSSR count). The van der Waals surface area contributed by atoms with Crippen molar-refractivity contribution in [3.8, 4) is 5.75 Å². The molecule has 0 saturated carbocycles. The van der Waals surface area contributed by atoms with Crippen LogP contribution in [0.1, 0.15) is 56.8 Å². The highest BCUT2D eigenvalue weighted by molar-refractivity contribution is 6.09.